The number of halogens is 3. The predicted octanol–water partition coefficient (Wildman–Crippen LogP) is 6.30. The van der Waals surface area contributed by atoms with Gasteiger partial charge in [-0.15, -0.1) is 0 Å². The van der Waals surface area contributed by atoms with Crippen LogP contribution < -0.4 is 0 Å². The van der Waals surface area contributed by atoms with Gasteiger partial charge in [-0.1, -0.05) is 18.6 Å². The van der Waals surface area contributed by atoms with Crippen LogP contribution >= 0.6 is 0 Å². The topological polar surface area (TPSA) is 40.6 Å². The fourth-order valence-electron chi connectivity index (χ4n) is 4.68. The molecule has 0 amide bonds. The molecule has 2 aliphatic heterocycles. The minimum Gasteiger partial charge on any atom is -0.298 e. The monoisotopic (exact) mass is 504 g/mol. The maximum absolute atomic E-state index is 12.7. The summed E-state index contributed by atoms with van der Waals surface area (Å²) in [5, 5.41) is 0. The summed E-state index contributed by atoms with van der Waals surface area (Å²) < 4.78 is 61.1. The van der Waals surface area contributed by atoms with Crippen molar-refractivity contribution >= 4 is 9.84 Å². The van der Waals surface area contributed by atoms with E-state index in [4.69, 9.17) is 0 Å². The number of sulfone groups is 1. The fraction of sp³-hybridized carbons (Fsp3) is 0.769. The van der Waals surface area contributed by atoms with Crippen LogP contribution in [-0.2, 0) is 16.3 Å². The summed E-state index contributed by atoms with van der Waals surface area (Å²) in [4.78, 5) is 4.31. The van der Waals surface area contributed by atoms with E-state index in [0.717, 1.165) is 32.0 Å². The number of piperidine rings is 2. The molecule has 0 spiro atoms. The Morgan fingerprint density at radius 1 is 0.824 bits per heavy atom. The minimum atomic E-state index is -5.28. The maximum Gasteiger partial charge on any atom is 0.501 e. The summed E-state index contributed by atoms with van der Waals surface area (Å²) in [6.07, 6.45) is 6.78. The van der Waals surface area contributed by atoms with Gasteiger partial charge < -0.3 is 0 Å². The van der Waals surface area contributed by atoms with Crippen molar-refractivity contribution in [3.8, 4) is 0 Å². The molecule has 196 valence electrons. The van der Waals surface area contributed by atoms with Gasteiger partial charge >= 0.3 is 5.51 Å². The van der Waals surface area contributed by atoms with Crippen LogP contribution in [0.1, 0.15) is 79.2 Å². The van der Waals surface area contributed by atoms with Crippen LogP contribution in [0.3, 0.4) is 0 Å². The number of benzene rings is 1. The Labute approximate surface area is 204 Å². The van der Waals surface area contributed by atoms with Crippen LogP contribution in [0.15, 0.2) is 29.2 Å². The first-order valence-corrected chi connectivity index (χ1v) is 13.9. The van der Waals surface area contributed by atoms with E-state index in [1.165, 1.54) is 44.5 Å². The van der Waals surface area contributed by atoms with Crippen molar-refractivity contribution in [2.24, 2.45) is 5.92 Å². The summed E-state index contributed by atoms with van der Waals surface area (Å²) in [5.74, 6) is 0.368. The standard InChI is InChI=1S/C17H24F3NO2S.C9H19N/c1-16(2,3)21-9-7-13(8-10-21)11-14-5-4-6-15(12-14)24(22,23)17(18,19)20;1-9(2,3)10-7-5-4-6-8-10/h4-6,12-13H,7-11H2,1-3H3;4-8H2,1-3H3. The van der Waals surface area contributed by atoms with Crippen LogP contribution in [-0.4, -0.2) is 61.0 Å². The summed E-state index contributed by atoms with van der Waals surface area (Å²) in [6.45, 7) is 17.9. The lowest BCUT2D eigenvalue weighted by Crippen LogP contribution is -2.46. The molecule has 1 aromatic rings. The maximum atomic E-state index is 12.7. The Morgan fingerprint density at radius 3 is 1.76 bits per heavy atom. The molecule has 4 nitrogen and oxygen atoms in total. The number of likely N-dealkylation sites (tertiary alicyclic amines) is 2. The highest BCUT2D eigenvalue weighted by atomic mass is 32.2. The molecule has 0 radical (unpaired) electrons. The molecule has 2 heterocycles. The normalized spacial score (nSPS) is 20.0. The molecule has 8 heteroatoms. The lowest BCUT2D eigenvalue weighted by Gasteiger charge is -2.41. The highest BCUT2D eigenvalue weighted by Gasteiger charge is 2.46. The molecule has 2 aliphatic rings. The number of hydrogen-bond acceptors (Lipinski definition) is 4. The van der Waals surface area contributed by atoms with Gasteiger partial charge in [-0.2, -0.15) is 13.2 Å². The third kappa shape index (κ3) is 8.23. The SMILES string of the molecule is CC(C)(C)N1CCC(Cc2cccc(S(=O)(=O)C(F)(F)F)c2)CC1.CC(C)(C)N1CCCCC1. The van der Waals surface area contributed by atoms with Crippen molar-refractivity contribution in [3.63, 3.8) is 0 Å². The zero-order valence-corrected chi connectivity index (χ0v) is 22.5. The van der Waals surface area contributed by atoms with Gasteiger partial charge in [0.15, 0.2) is 0 Å². The third-order valence-electron chi connectivity index (χ3n) is 6.91. The van der Waals surface area contributed by atoms with Gasteiger partial charge in [-0.05, 0) is 123 Å². The van der Waals surface area contributed by atoms with Gasteiger partial charge in [-0.25, -0.2) is 8.42 Å². The summed E-state index contributed by atoms with van der Waals surface area (Å²) >= 11 is 0. The van der Waals surface area contributed by atoms with Gasteiger partial charge in [0, 0.05) is 11.1 Å². The van der Waals surface area contributed by atoms with Crippen molar-refractivity contribution in [1.82, 2.24) is 9.80 Å². The molecule has 0 unspecified atom stereocenters. The average Bonchev–Trinajstić information content (AvgIpc) is 2.73. The van der Waals surface area contributed by atoms with E-state index in [0.29, 0.717) is 23.4 Å². The highest BCUT2D eigenvalue weighted by Crippen LogP contribution is 2.32. The van der Waals surface area contributed by atoms with E-state index in [2.05, 4.69) is 51.3 Å². The molecule has 2 saturated heterocycles. The Kier molecular flexibility index (Phi) is 9.67. The predicted molar refractivity (Wildman–Crippen MR) is 133 cm³/mol. The van der Waals surface area contributed by atoms with E-state index < -0.39 is 20.2 Å². The van der Waals surface area contributed by atoms with Gasteiger partial charge in [0.1, 0.15) is 0 Å². The largest absolute Gasteiger partial charge is 0.501 e. The smallest absolute Gasteiger partial charge is 0.298 e. The minimum absolute atomic E-state index is 0.117. The van der Waals surface area contributed by atoms with Crippen LogP contribution in [0.25, 0.3) is 0 Å². The van der Waals surface area contributed by atoms with Gasteiger partial charge in [-0.3, -0.25) is 9.80 Å². The van der Waals surface area contributed by atoms with Crippen LogP contribution in [0.4, 0.5) is 13.2 Å². The second-order valence-corrected chi connectivity index (χ2v) is 13.6. The van der Waals surface area contributed by atoms with Gasteiger partial charge in [0.2, 0.25) is 0 Å². The summed E-state index contributed by atoms with van der Waals surface area (Å²) in [6, 6.07) is 5.26. The molecule has 0 aliphatic carbocycles. The molecule has 0 N–H and O–H groups in total. The number of rotatable bonds is 3. The molecule has 0 atom stereocenters. The number of alkyl halides is 3. The van der Waals surface area contributed by atoms with E-state index >= 15 is 0 Å². The molecule has 34 heavy (non-hydrogen) atoms. The van der Waals surface area contributed by atoms with Crippen LogP contribution in [0.2, 0.25) is 0 Å². The van der Waals surface area contributed by atoms with Crippen molar-refractivity contribution in [3.05, 3.63) is 29.8 Å². The molecule has 0 aromatic heterocycles. The van der Waals surface area contributed by atoms with Gasteiger partial charge in [0.05, 0.1) is 4.90 Å². The zero-order chi connectivity index (χ0) is 25.8. The van der Waals surface area contributed by atoms with Crippen molar-refractivity contribution < 1.29 is 21.6 Å². The van der Waals surface area contributed by atoms with E-state index in [-0.39, 0.29) is 5.54 Å². The number of nitrogens with zero attached hydrogens (tertiary/aromatic N) is 2. The Bertz CT molecular complexity index is 873. The van der Waals surface area contributed by atoms with E-state index in [9.17, 15) is 21.6 Å². The molecule has 0 bridgehead atoms. The highest BCUT2D eigenvalue weighted by molar-refractivity contribution is 7.92. The lowest BCUT2D eigenvalue weighted by atomic mass is 9.88. The van der Waals surface area contributed by atoms with Crippen molar-refractivity contribution in [2.75, 3.05) is 26.2 Å². The van der Waals surface area contributed by atoms with Crippen LogP contribution in [0.5, 0.6) is 0 Å². The fourth-order valence-corrected chi connectivity index (χ4v) is 5.51. The zero-order valence-electron chi connectivity index (χ0n) is 21.7. The molecule has 0 saturated carbocycles. The Balaban J connectivity index is 0.000000340. The molecule has 2 fully saturated rings. The first kappa shape index (κ1) is 29.1. The second kappa shape index (κ2) is 11.3. The molecule has 1 aromatic carbocycles. The first-order chi connectivity index (χ1) is 15.5. The van der Waals surface area contributed by atoms with E-state index in [1.54, 1.807) is 6.07 Å². The van der Waals surface area contributed by atoms with E-state index in [1.807, 2.05) is 0 Å². The molecule has 3 rings (SSSR count). The summed E-state index contributed by atoms with van der Waals surface area (Å²) in [7, 11) is -5.28. The van der Waals surface area contributed by atoms with Crippen molar-refractivity contribution in [2.45, 2.75) is 102 Å². The van der Waals surface area contributed by atoms with Gasteiger partial charge in [0.25, 0.3) is 9.84 Å². The molecular formula is C26H43F3N2O2S. The first-order valence-electron chi connectivity index (χ1n) is 12.4. The quantitative estimate of drug-likeness (QED) is 0.484. The Morgan fingerprint density at radius 2 is 1.32 bits per heavy atom. The number of hydrogen-bond donors (Lipinski definition) is 0. The van der Waals surface area contributed by atoms with Crippen molar-refractivity contribution in [1.29, 1.82) is 0 Å². The molecular weight excluding hydrogens is 461 g/mol. The summed E-state index contributed by atoms with van der Waals surface area (Å²) in [5.41, 5.74) is -4.09. The lowest BCUT2D eigenvalue weighted by molar-refractivity contribution is -0.0436. The second-order valence-electron chi connectivity index (χ2n) is 11.6. The average molecular weight is 505 g/mol. The van der Waals surface area contributed by atoms with Crippen LogP contribution in [0, 0.1) is 5.92 Å². The third-order valence-corrected chi connectivity index (χ3v) is 8.39. The Hall–Kier alpha value is -1.12.